The van der Waals surface area contributed by atoms with Crippen LogP contribution >= 0.6 is 0 Å². The van der Waals surface area contributed by atoms with Gasteiger partial charge in [0.05, 0.1) is 0 Å². The van der Waals surface area contributed by atoms with Crippen molar-refractivity contribution in [1.29, 1.82) is 0 Å². The number of hydrogen-bond donors (Lipinski definition) is 2. The number of aromatic carboxylic acids is 1. The number of H-pyrrole nitrogens is 1. The second kappa shape index (κ2) is 2.45. The number of aromatic nitrogens is 1. The summed E-state index contributed by atoms with van der Waals surface area (Å²) in [4.78, 5) is 24.6. The number of carboxylic acid groups (broad SMARTS) is 1. The molecule has 2 rings (SSSR count). The Bertz CT molecular complexity index is 392. The van der Waals surface area contributed by atoms with Crippen molar-refractivity contribution in [2.45, 2.75) is 19.3 Å². The van der Waals surface area contributed by atoms with Crippen molar-refractivity contribution >= 4 is 11.8 Å². The Morgan fingerprint density at radius 2 is 2.38 bits per heavy atom. The van der Waals surface area contributed by atoms with Gasteiger partial charge in [0.15, 0.2) is 5.78 Å². The molecule has 68 valence electrons. The summed E-state index contributed by atoms with van der Waals surface area (Å²) in [5.74, 6) is -0.865. The van der Waals surface area contributed by atoms with E-state index in [2.05, 4.69) is 4.98 Å². The van der Waals surface area contributed by atoms with Crippen LogP contribution in [0.1, 0.15) is 45.8 Å². The summed E-state index contributed by atoms with van der Waals surface area (Å²) in [5.41, 5.74) is 1.41. The van der Waals surface area contributed by atoms with E-state index < -0.39 is 5.97 Å². The third-order valence-corrected chi connectivity index (χ3v) is 2.36. The number of carboxylic acids is 1. The van der Waals surface area contributed by atoms with Crippen LogP contribution in [0, 0.1) is 0 Å². The van der Waals surface area contributed by atoms with Gasteiger partial charge in [0.2, 0.25) is 0 Å². The van der Waals surface area contributed by atoms with E-state index in [-0.39, 0.29) is 17.4 Å². The summed E-state index contributed by atoms with van der Waals surface area (Å²) in [5, 5.41) is 8.67. The van der Waals surface area contributed by atoms with E-state index in [1.807, 2.05) is 6.92 Å². The van der Waals surface area contributed by atoms with E-state index in [1.165, 1.54) is 6.07 Å². The van der Waals surface area contributed by atoms with Gasteiger partial charge >= 0.3 is 5.97 Å². The van der Waals surface area contributed by atoms with Gasteiger partial charge in [-0.1, -0.05) is 6.92 Å². The number of carbonyl (C=O) groups is 2. The lowest BCUT2D eigenvalue weighted by Crippen LogP contribution is -1.99. The normalized spacial score (nSPS) is 20.4. The molecule has 0 spiro atoms. The number of rotatable bonds is 1. The van der Waals surface area contributed by atoms with Crippen molar-refractivity contribution in [1.82, 2.24) is 4.98 Å². The highest BCUT2D eigenvalue weighted by molar-refractivity contribution is 6.03. The summed E-state index contributed by atoms with van der Waals surface area (Å²) >= 11 is 0. The molecule has 0 aromatic carbocycles. The van der Waals surface area contributed by atoms with Gasteiger partial charge in [-0.05, 0) is 6.07 Å². The van der Waals surface area contributed by atoms with Crippen LogP contribution in [0.5, 0.6) is 0 Å². The predicted octanol–water partition coefficient (Wildman–Crippen LogP) is 1.40. The lowest BCUT2D eigenvalue weighted by atomic mass is 10.1. The highest BCUT2D eigenvalue weighted by Gasteiger charge is 2.29. The molecule has 0 saturated carbocycles. The topological polar surface area (TPSA) is 70.2 Å². The van der Waals surface area contributed by atoms with E-state index in [9.17, 15) is 9.59 Å². The van der Waals surface area contributed by atoms with Crippen molar-refractivity contribution in [3.8, 4) is 0 Å². The van der Waals surface area contributed by atoms with Crippen LogP contribution in [0.3, 0.4) is 0 Å². The van der Waals surface area contributed by atoms with Crippen LogP contribution in [0.2, 0.25) is 0 Å². The minimum absolute atomic E-state index is 0.0336. The number of carbonyl (C=O) groups excluding carboxylic acids is 1. The summed E-state index contributed by atoms with van der Waals surface area (Å²) in [6.07, 6.45) is 0.487. The van der Waals surface area contributed by atoms with Crippen molar-refractivity contribution < 1.29 is 14.7 Å². The maximum Gasteiger partial charge on any atom is 0.352 e. The number of fused-ring (bicyclic) bond motifs is 1. The molecule has 2 N–H and O–H groups in total. The second-order valence-electron chi connectivity index (χ2n) is 3.34. The van der Waals surface area contributed by atoms with Crippen LogP contribution < -0.4 is 0 Å². The molecule has 0 amide bonds. The van der Waals surface area contributed by atoms with E-state index >= 15 is 0 Å². The average Bonchev–Trinajstić information content (AvgIpc) is 2.55. The lowest BCUT2D eigenvalue weighted by molar-refractivity contribution is 0.0691. The zero-order chi connectivity index (χ0) is 9.59. The minimum atomic E-state index is -1.02. The molecule has 0 unspecified atom stereocenters. The summed E-state index contributed by atoms with van der Waals surface area (Å²) in [6, 6.07) is 1.42. The molecule has 0 aliphatic heterocycles. The molecule has 0 fully saturated rings. The molecule has 1 aliphatic rings. The van der Waals surface area contributed by atoms with Crippen LogP contribution in [0.15, 0.2) is 6.07 Å². The second-order valence-corrected chi connectivity index (χ2v) is 3.34. The third-order valence-electron chi connectivity index (χ3n) is 2.36. The molecule has 1 aromatic heterocycles. The molecule has 1 aromatic rings. The number of ketones is 1. The molecule has 0 radical (unpaired) electrons. The standard InChI is InChI=1S/C9H9NO3/c1-4-2-7(11)5-3-6(9(12)13)10-8(4)5/h3-4,10H,2H2,1H3,(H,12,13)/t4-/m1/s1. The number of aromatic amines is 1. The molecule has 0 saturated heterocycles. The first kappa shape index (κ1) is 8.04. The molecule has 1 heterocycles. The highest BCUT2D eigenvalue weighted by atomic mass is 16.4. The first-order chi connectivity index (χ1) is 6.09. The Labute approximate surface area is 74.6 Å². The van der Waals surface area contributed by atoms with Gasteiger partial charge < -0.3 is 10.1 Å². The minimum Gasteiger partial charge on any atom is -0.477 e. The van der Waals surface area contributed by atoms with Gasteiger partial charge in [-0.2, -0.15) is 0 Å². The van der Waals surface area contributed by atoms with E-state index in [1.54, 1.807) is 0 Å². The van der Waals surface area contributed by atoms with Gasteiger partial charge in [0.25, 0.3) is 0 Å². The Balaban J connectivity index is 2.52. The van der Waals surface area contributed by atoms with Gasteiger partial charge in [-0.25, -0.2) is 4.79 Å². The van der Waals surface area contributed by atoms with Gasteiger partial charge in [-0.3, -0.25) is 4.79 Å². The first-order valence-corrected chi connectivity index (χ1v) is 4.09. The molecule has 0 bridgehead atoms. The van der Waals surface area contributed by atoms with Crippen molar-refractivity contribution in [3.05, 3.63) is 23.0 Å². The van der Waals surface area contributed by atoms with Gasteiger partial charge in [0.1, 0.15) is 5.69 Å². The maximum absolute atomic E-state index is 11.3. The molecule has 4 nitrogen and oxygen atoms in total. The Kier molecular flexibility index (Phi) is 1.52. The Hall–Kier alpha value is -1.58. The van der Waals surface area contributed by atoms with Gasteiger partial charge in [-0.15, -0.1) is 0 Å². The molecule has 13 heavy (non-hydrogen) atoms. The number of nitrogens with one attached hydrogen (secondary N) is 1. The fourth-order valence-corrected chi connectivity index (χ4v) is 1.70. The SMILES string of the molecule is C[C@@H]1CC(=O)c2cc(C(=O)O)[nH]c21. The zero-order valence-corrected chi connectivity index (χ0v) is 7.13. The van der Waals surface area contributed by atoms with Crippen LogP contribution in [0.4, 0.5) is 0 Å². The molecular weight excluding hydrogens is 170 g/mol. The predicted molar refractivity (Wildman–Crippen MR) is 45.1 cm³/mol. The number of hydrogen-bond acceptors (Lipinski definition) is 2. The quantitative estimate of drug-likeness (QED) is 0.684. The summed E-state index contributed by atoms with van der Waals surface area (Å²) < 4.78 is 0. The van der Waals surface area contributed by atoms with Crippen molar-refractivity contribution in [2.75, 3.05) is 0 Å². The molecule has 4 heteroatoms. The zero-order valence-electron chi connectivity index (χ0n) is 7.13. The number of Topliss-reactive ketones (excluding diaryl/α,β-unsaturated/α-hetero) is 1. The molecule has 1 aliphatic carbocycles. The van der Waals surface area contributed by atoms with Gasteiger partial charge in [0, 0.05) is 23.6 Å². The first-order valence-electron chi connectivity index (χ1n) is 4.09. The molecule has 1 atom stereocenters. The van der Waals surface area contributed by atoms with Crippen molar-refractivity contribution in [2.24, 2.45) is 0 Å². The summed E-state index contributed by atoms with van der Waals surface area (Å²) in [7, 11) is 0. The summed E-state index contributed by atoms with van der Waals surface area (Å²) in [6.45, 7) is 1.91. The highest BCUT2D eigenvalue weighted by Crippen LogP contribution is 2.32. The largest absolute Gasteiger partial charge is 0.477 e. The average molecular weight is 179 g/mol. The smallest absolute Gasteiger partial charge is 0.352 e. The van der Waals surface area contributed by atoms with Crippen molar-refractivity contribution in [3.63, 3.8) is 0 Å². The van der Waals surface area contributed by atoms with E-state index in [4.69, 9.17) is 5.11 Å². The maximum atomic E-state index is 11.3. The van der Waals surface area contributed by atoms with Crippen LogP contribution in [-0.4, -0.2) is 21.8 Å². The molecular formula is C9H9NO3. The lowest BCUT2D eigenvalue weighted by Gasteiger charge is -1.97. The Morgan fingerprint density at radius 3 is 2.92 bits per heavy atom. The van der Waals surface area contributed by atoms with Crippen LogP contribution in [0.25, 0.3) is 0 Å². The van der Waals surface area contributed by atoms with E-state index in [0.717, 1.165) is 5.69 Å². The fourth-order valence-electron chi connectivity index (χ4n) is 1.70. The monoisotopic (exact) mass is 179 g/mol. The van der Waals surface area contributed by atoms with E-state index in [0.29, 0.717) is 12.0 Å². The Morgan fingerprint density at radius 1 is 1.69 bits per heavy atom. The fraction of sp³-hybridized carbons (Fsp3) is 0.333. The third kappa shape index (κ3) is 1.06. The van der Waals surface area contributed by atoms with Crippen LogP contribution in [-0.2, 0) is 0 Å².